The first-order valence-electron chi connectivity index (χ1n) is 8.94. The molecular weight excluding hydrogens is 364 g/mol. The lowest BCUT2D eigenvalue weighted by atomic mass is 10.1. The maximum Gasteiger partial charge on any atom is 0.244 e. The normalized spacial score (nSPS) is 17.3. The van der Waals surface area contributed by atoms with Gasteiger partial charge in [0.25, 0.3) is 0 Å². The van der Waals surface area contributed by atoms with Crippen LogP contribution in [-0.2, 0) is 21.2 Å². The lowest BCUT2D eigenvalue weighted by Crippen LogP contribution is -2.32. The molecule has 2 aromatic rings. The van der Waals surface area contributed by atoms with Crippen molar-refractivity contribution in [3.8, 4) is 5.75 Å². The average molecular weight is 388 g/mol. The van der Waals surface area contributed by atoms with E-state index < -0.39 is 10.0 Å². The summed E-state index contributed by atoms with van der Waals surface area (Å²) in [6.07, 6.45) is 1.16. The Morgan fingerprint density at radius 2 is 1.81 bits per heavy atom. The zero-order valence-electron chi connectivity index (χ0n) is 15.3. The molecule has 1 aliphatic rings. The van der Waals surface area contributed by atoms with Gasteiger partial charge in [0.2, 0.25) is 15.9 Å². The number of para-hydroxylation sites is 1. The van der Waals surface area contributed by atoms with Crippen LogP contribution in [0, 0.1) is 5.92 Å². The summed E-state index contributed by atoms with van der Waals surface area (Å²) in [5.41, 5.74) is 1.19. The summed E-state index contributed by atoms with van der Waals surface area (Å²) in [5, 5.41) is 0. The molecule has 2 aromatic carbocycles. The van der Waals surface area contributed by atoms with Crippen LogP contribution in [0.3, 0.4) is 0 Å². The lowest BCUT2D eigenvalue weighted by molar-refractivity contribution is -0.127. The highest BCUT2D eigenvalue weighted by molar-refractivity contribution is 7.89. The van der Waals surface area contributed by atoms with Crippen molar-refractivity contribution < 1.29 is 17.9 Å². The van der Waals surface area contributed by atoms with Crippen LogP contribution in [0.5, 0.6) is 5.75 Å². The average Bonchev–Trinajstić information content (AvgIpc) is 3.05. The number of hydrogen-bond acceptors (Lipinski definition) is 4. The summed E-state index contributed by atoms with van der Waals surface area (Å²) in [4.78, 5) is 14.2. The fraction of sp³-hybridized carbons (Fsp3) is 0.350. The van der Waals surface area contributed by atoms with E-state index in [1.165, 1.54) is 18.7 Å². The van der Waals surface area contributed by atoms with Gasteiger partial charge in [0.1, 0.15) is 10.6 Å². The first kappa shape index (κ1) is 19.4. The van der Waals surface area contributed by atoms with Crippen molar-refractivity contribution in [3.63, 3.8) is 0 Å². The van der Waals surface area contributed by atoms with Crippen LogP contribution in [0.15, 0.2) is 59.5 Å². The summed E-state index contributed by atoms with van der Waals surface area (Å²) < 4.78 is 32.9. The molecule has 1 aliphatic heterocycles. The molecular formula is C20H24N2O4S. The van der Waals surface area contributed by atoms with Crippen molar-refractivity contribution in [2.75, 3.05) is 26.7 Å². The summed E-state index contributed by atoms with van der Waals surface area (Å²) in [6, 6.07) is 16.5. The van der Waals surface area contributed by atoms with Crippen LogP contribution < -0.4 is 9.46 Å². The molecule has 1 saturated heterocycles. The molecule has 0 bridgehead atoms. The second-order valence-electron chi connectivity index (χ2n) is 6.65. The van der Waals surface area contributed by atoms with E-state index in [2.05, 4.69) is 4.72 Å². The maximum atomic E-state index is 12.6. The van der Waals surface area contributed by atoms with Gasteiger partial charge >= 0.3 is 0 Å². The molecule has 0 spiro atoms. The summed E-state index contributed by atoms with van der Waals surface area (Å²) in [6.45, 7) is 1.45. The molecule has 1 amide bonds. The quantitative estimate of drug-likeness (QED) is 0.751. The Labute approximate surface area is 160 Å². The van der Waals surface area contributed by atoms with Crippen molar-refractivity contribution in [1.29, 1.82) is 0 Å². The summed E-state index contributed by atoms with van der Waals surface area (Å²) in [7, 11) is -2.25. The fourth-order valence-electron chi connectivity index (χ4n) is 3.26. The molecule has 144 valence electrons. The molecule has 0 aliphatic carbocycles. The van der Waals surface area contributed by atoms with Gasteiger partial charge in [0, 0.05) is 26.1 Å². The highest BCUT2D eigenvalue weighted by atomic mass is 32.2. The third kappa shape index (κ3) is 4.87. The number of amides is 1. The molecule has 0 radical (unpaired) electrons. The largest absolute Gasteiger partial charge is 0.495 e. The van der Waals surface area contributed by atoms with Gasteiger partial charge in [-0.1, -0.05) is 42.5 Å². The number of methoxy groups -OCH3 is 1. The lowest BCUT2D eigenvalue weighted by Gasteiger charge is -2.17. The second kappa shape index (κ2) is 8.54. The van der Waals surface area contributed by atoms with Crippen LogP contribution in [-0.4, -0.2) is 46.0 Å². The Morgan fingerprint density at radius 1 is 1.11 bits per heavy atom. The van der Waals surface area contributed by atoms with Gasteiger partial charge in [-0.2, -0.15) is 0 Å². The SMILES string of the molecule is COc1ccccc1S(=O)(=O)NC[C@H]1CC(=O)N(CCc2ccccc2)C1. The number of carbonyl (C=O) groups is 1. The van der Waals surface area contributed by atoms with Gasteiger partial charge in [0.05, 0.1) is 7.11 Å². The number of sulfonamides is 1. The van der Waals surface area contributed by atoms with Crippen LogP contribution in [0.25, 0.3) is 0 Å². The molecule has 1 atom stereocenters. The number of rotatable bonds is 8. The highest BCUT2D eigenvalue weighted by Gasteiger charge is 2.30. The third-order valence-corrected chi connectivity index (χ3v) is 6.19. The summed E-state index contributed by atoms with van der Waals surface area (Å²) in [5.74, 6) is 0.349. The number of nitrogens with zero attached hydrogens (tertiary/aromatic N) is 1. The topological polar surface area (TPSA) is 75.7 Å². The Morgan fingerprint density at radius 3 is 2.56 bits per heavy atom. The van der Waals surface area contributed by atoms with E-state index in [1.807, 2.05) is 35.2 Å². The number of likely N-dealkylation sites (tertiary alicyclic amines) is 1. The van der Waals surface area contributed by atoms with Crippen molar-refractivity contribution in [1.82, 2.24) is 9.62 Å². The Balaban J connectivity index is 1.55. The van der Waals surface area contributed by atoms with Gasteiger partial charge in [-0.05, 0) is 30.0 Å². The second-order valence-corrected chi connectivity index (χ2v) is 8.38. The third-order valence-electron chi connectivity index (χ3n) is 4.73. The van der Waals surface area contributed by atoms with E-state index in [1.54, 1.807) is 18.2 Å². The van der Waals surface area contributed by atoms with E-state index in [9.17, 15) is 13.2 Å². The van der Waals surface area contributed by atoms with Crippen LogP contribution in [0.2, 0.25) is 0 Å². The van der Waals surface area contributed by atoms with Crippen molar-refractivity contribution in [2.24, 2.45) is 5.92 Å². The van der Waals surface area contributed by atoms with Crippen molar-refractivity contribution in [2.45, 2.75) is 17.7 Å². The molecule has 3 rings (SSSR count). The number of benzene rings is 2. The van der Waals surface area contributed by atoms with E-state index in [4.69, 9.17) is 4.74 Å². The Bertz CT molecular complexity index is 884. The molecule has 7 heteroatoms. The first-order valence-corrected chi connectivity index (χ1v) is 10.4. The van der Waals surface area contributed by atoms with E-state index in [0.717, 1.165) is 6.42 Å². The number of ether oxygens (including phenoxy) is 1. The zero-order chi connectivity index (χ0) is 19.3. The Hall–Kier alpha value is -2.38. The monoisotopic (exact) mass is 388 g/mol. The first-order chi connectivity index (χ1) is 13.0. The minimum atomic E-state index is -3.69. The maximum absolute atomic E-state index is 12.6. The van der Waals surface area contributed by atoms with Crippen molar-refractivity contribution >= 4 is 15.9 Å². The van der Waals surface area contributed by atoms with Crippen LogP contribution in [0.1, 0.15) is 12.0 Å². The van der Waals surface area contributed by atoms with E-state index >= 15 is 0 Å². The Kier molecular flexibility index (Phi) is 6.13. The standard InChI is InChI=1S/C20H24N2O4S/c1-26-18-9-5-6-10-19(18)27(24,25)21-14-17-13-20(23)22(15-17)12-11-16-7-3-2-4-8-16/h2-10,17,21H,11-15H2,1H3/t17-/m1/s1. The van der Waals surface area contributed by atoms with Gasteiger partial charge in [0.15, 0.2) is 0 Å². The molecule has 0 unspecified atom stereocenters. The van der Waals surface area contributed by atoms with Gasteiger partial charge in [-0.15, -0.1) is 0 Å². The fourth-order valence-corrected chi connectivity index (χ4v) is 4.55. The van der Waals surface area contributed by atoms with Gasteiger partial charge < -0.3 is 9.64 Å². The number of hydrogen-bond donors (Lipinski definition) is 1. The van der Waals surface area contributed by atoms with E-state index in [-0.39, 0.29) is 23.3 Å². The molecule has 0 saturated carbocycles. The predicted molar refractivity (Wildman–Crippen MR) is 103 cm³/mol. The smallest absolute Gasteiger partial charge is 0.244 e. The number of nitrogens with one attached hydrogen (secondary N) is 1. The van der Waals surface area contributed by atoms with Crippen molar-refractivity contribution in [3.05, 3.63) is 60.2 Å². The minimum Gasteiger partial charge on any atom is -0.495 e. The predicted octanol–water partition coefficient (Wildman–Crippen LogP) is 2.06. The zero-order valence-corrected chi connectivity index (χ0v) is 16.1. The van der Waals surface area contributed by atoms with Crippen LogP contribution >= 0.6 is 0 Å². The molecule has 27 heavy (non-hydrogen) atoms. The minimum absolute atomic E-state index is 0.0299. The molecule has 6 nitrogen and oxygen atoms in total. The van der Waals surface area contributed by atoms with Crippen LogP contribution in [0.4, 0.5) is 0 Å². The van der Waals surface area contributed by atoms with Gasteiger partial charge in [-0.25, -0.2) is 13.1 Å². The highest BCUT2D eigenvalue weighted by Crippen LogP contribution is 2.23. The molecule has 1 N–H and O–H groups in total. The molecule has 1 heterocycles. The molecule has 0 aromatic heterocycles. The summed E-state index contributed by atoms with van der Waals surface area (Å²) >= 11 is 0. The van der Waals surface area contributed by atoms with E-state index in [0.29, 0.717) is 25.3 Å². The number of carbonyl (C=O) groups excluding carboxylic acids is 1. The van der Waals surface area contributed by atoms with Gasteiger partial charge in [-0.3, -0.25) is 4.79 Å². The molecule has 1 fully saturated rings.